The fraction of sp³-hybridized carbons (Fsp3) is 0.542. The summed E-state index contributed by atoms with van der Waals surface area (Å²) in [6.45, 7) is 7.40. The van der Waals surface area contributed by atoms with E-state index >= 15 is 0 Å². The average Bonchev–Trinajstić information content (AvgIpc) is 2.74. The molecular weight excluding hydrogens is 382 g/mol. The summed E-state index contributed by atoms with van der Waals surface area (Å²) in [7, 11) is 0. The van der Waals surface area contributed by atoms with Gasteiger partial charge in [0.1, 0.15) is 18.1 Å². The first-order valence-corrected chi connectivity index (χ1v) is 10.9. The van der Waals surface area contributed by atoms with Gasteiger partial charge in [0, 0.05) is 35.9 Å². The molecule has 2 aliphatic rings. The Balaban J connectivity index is 2.02. The first kappa shape index (κ1) is 22.2. The summed E-state index contributed by atoms with van der Waals surface area (Å²) in [5.41, 5.74) is 2.77. The molecule has 1 heterocycles. The number of benzene rings is 1. The molecule has 0 saturated heterocycles. The smallest absolute Gasteiger partial charge is 0.336 e. The van der Waals surface area contributed by atoms with Crippen LogP contribution in [0.5, 0.6) is 5.75 Å². The van der Waals surface area contributed by atoms with E-state index in [4.69, 9.17) is 14.2 Å². The maximum atomic E-state index is 13.1. The quantitative estimate of drug-likeness (QED) is 0.447. The van der Waals surface area contributed by atoms with Crippen molar-refractivity contribution >= 4 is 17.5 Å². The van der Waals surface area contributed by atoms with Crippen molar-refractivity contribution in [2.45, 2.75) is 52.4 Å². The second-order valence-corrected chi connectivity index (χ2v) is 7.60. The lowest BCUT2D eigenvalue weighted by Crippen LogP contribution is -2.39. The summed E-state index contributed by atoms with van der Waals surface area (Å²) >= 11 is 0. The second kappa shape index (κ2) is 10.5. The van der Waals surface area contributed by atoms with Crippen molar-refractivity contribution in [2.24, 2.45) is 10.9 Å². The lowest BCUT2D eigenvalue weighted by atomic mass is 9.69. The van der Waals surface area contributed by atoms with Gasteiger partial charge >= 0.3 is 5.97 Å². The minimum atomic E-state index is -0.446. The van der Waals surface area contributed by atoms with E-state index in [0.29, 0.717) is 43.3 Å². The molecule has 0 spiro atoms. The number of rotatable bonds is 9. The molecule has 1 aromatic rings. The third-order valence-corrected chi connectivity index (χ3v) is 5.51. The summed E-state index contributed by atoms with van der Waals surface area (Å²) in [5, 5.41) is 0. The molecule has 0 aromatic heterocycles. The van der Waals surface area contributed by atoms with Crippen molar-refractivity contribution in [2.75, 3.05) is 26.4 Å². The molecule has 1 fully saturated rings. The number of esters is 1. The monoisotopic (exact) mass is 413 g/mol. The van der Waals surface area contributed by atoms with Crippen LogP contribution in [0, 0.1) is 5.92 Å². The number of fused-ring (bicyclic) bond motifs is 1. The zero-order valence-corrected chi connectivity index (χ0v) is 18.1. The lowest BCUT2D eigenvalue weighted by molar-refractivity contribution is -0.141. The van der Waals surface area contributed by atoms with Crippen LogP contribution < -0.4 is 4.74 Å². The van der Waals surface area contributed by atoms with Crippen LogP contribution >= 0.6 is 0 Å². The van der Waals surface area contributed by atoms with Gasteiger partial charge in [-0.25, -0.2) is 4.79 Å². The molecule has 1 aliphatic heterocycles. The van der Waals surface area contributed by atoms with Crippen LogP contribution in [0.3, 0.4) is 0 Å². The van der Waals surface area contributed by atoms with Crippen LogP contribution in [0.25, 0.3) is 0 Å². The van der Waals surface area contributed by atoms with Gasteiger partial charge in [-0.3, -0.25) is 9.79 Å². The molecule has 0 N–H and O–H groups in total. The highest BCUT2D eigenvalue weighted by molar-refractivity contribution is 6.11. The highest BCUT2D eigenvalue weighted by Gasteiger charge is 2.44. The Kier molecular flexibility index (Phi) is 7.80. The molecule has 6 heteroatoms. The Morgan fingerprint density at radius 3 is 2.67 bits per heavy atom. The van der Waals surface area contributed by atoms with E-state index in [1.807, 2.05) is 45.0 Å². The zero-order chi connectivity index (χ0) is 21.5. The van der Waals surface area contributed by atoms with Crippen LogP contribution in [0.2, 0.25) is 0 Å². The number of carbonyl (C=O) groups excluding carboxylic acids is 2. The van der Waals surface area contributed by atoms with Gasteiger partial charge in [-0.05, 0) is 39.2 Å². The molecule has 162 valence electrons. The topological polar surface area (TPSA) is 74.2 Å². The van der Waals surface area contributed by atoms with Crippen LogP contribution in [0.15, 0.2) is 40.5 Å². The van der Waals surface area contributed by atoms with Crippen LogP contribution in [-0.4, -0.2) is 43.9 Å². The first-order valence-electron chi connectivity index (χ1n) is 10.9. The maximum absolute atomic E-state index is 13.1. The third kappa shape index (κ3) is 4.81. The van der Waals surface area contributed by atoms with Crippen LogP contribution in [-0.2, 0) is 19.1 Å². The van der Waals surface area contributed by atoms with Crippen LogP contribution in [0.1, 0.15) is 57.9 Å². The van der Waals surface area contributed by atoms with Gasteiger partial charge in [0.15, 0.2) is 0 Å². The van der Waals surface area contributed by atoms with Crippen LogP contribution in [0.4, 0.5) is 0 Å². The lowest BCUT2D eigenvalue weighted by Gasteiger charge is -2.36. The molecule has 1 aromatic carbocycles. The summed E-state index contributed by atoms with van der Waals surface area (Å²) in [6.07, 6.45) is 2.95. The second-order valence-electron chi connectivity index (χ2n) is 7.60. The Morgan fingerprint density at radius 1 is 1.10 bits per heavy atom. The predicted octanol–water partition coefficient (Wildman–Crippen LogP) is 4.24. The fourth-order valence-corrected chi connectivity index (χ4v) is 4.22. The van der Waals surface area contributed by atoms with Crippen molar-refractivity contribution in [3.05, 3.63) is 41.1 Å². The standard InChI is InChI=1S/C24H31NO5/c1-4-13-29-20-12-7-6-9-17(20)22-21(24(27)30-15-14-28-5-2)16(3)25-18-10-8-11-19(26)23(18)22/h6-7,9,12,22-23H,4-5,8,10-11,13-15H2,1-3H3/t22-,23?/m1/s1. The van der Waals surface area contributed by atoms with E-state index in [-0.39, 0.29) is 12.4 Å². The number of hydrogen-bond donors (Lipinski definition) is 0. The summed E-state index contributed by atoms with van der Waals surface area (Å²) in [5.74, 6) is -0.497. The molecule has 0 amide bonds. The van der Waals surface area contributed by atoms with Gasteiger partial charge in [-0.15, -0.1) is 0 Å². The molecule has 3 rings (SSSR count). The minimum Gasteiger partial charge on any atom is -0.493 e. The SMILES string of the molecule is CCCOc1ccccc1[C@@H]1C(C(=O)OCCOCC)=C(C)N=C2CCCC(=O)C21. The molecule has 30 heavy (non-hydrogen) atoms. The Morgan fingerprint density at radius 2 is 1.90 bits per heavy atom. The molecule has 0 bridgehead atoms. The summed E-state index contributed by atoms with van der Waals surface area (Å²) < 4.78 is 16.8. The molecule has 1 unspecified atom stereocenters. The van der Waals surface area contributed by atoms with E-state index < -0.39 is 17.8 Å². The van der Waals surface area contributed by atoms with E-state index in [1.165, 1.54) is 0 Å². The summed E-state index contributed by atoms with van der Waals surface area (Å²) in [4.78, 5) is 30.8. The van der Waals surface area contributed by atoms with E-state index in [2.05, 4.69) is 4.99 Å². The number of hydrogen-bond acceptors (Lipinski definition) is 6. The van der Waals surface area contributed by atoms with Gasteiger partial charge in [0.05, 0.1) is 24.7 Å². The number of Topliss-reactive ketones (excluding diaryl/α,β-unsaturated/α-hetero) is 1. The fourth-order valence-electron chi connectivity index (χ4n) is 4.22. The summed E-state index contributed by atoms with van der Waals surface area (Å²) in [6, 6.07) is 7.67. The zero-order valence-electron chi connectivity index (χ0n) is 18.1. The average molecular weight is 414 g/mol. The van der Waals surface area contributed by atoms with Crippen molar-refractivity contribution in [1.29, 1.82) is 0 Å². The molecule has 1 saturated carbocycles. The van der Waals surface area contributed by atoms with Gasteiger partial charge in [0.2, 0.25) is 0 Å². The van der Waals surface area contributed by atoms with Crippen molar-refractivity contribution in [1.82, 2.24) is 0 Å². The van der Waals surface area contributed by atoms with Crippen molar-refractivity contribution in [3.63, 3.8) is 0 Å². The molecule has 6 nitrogen and oxygen atoms in total. The maximum Gasteiger partial charge on any atom is 0.336 e. The van der Waals surface area contributed by atoms with Gasteiger partial charge in [-0.2, -0.15) is 0 Å². The minimum absolute atomic E-state index is 0.127. The Labute approximate surface area is 178 Å². The normalized spacial score (nSPS) is 21.2. The number of allylic oxidation sites excluding steroid dienone is 1. The highest BCUT2D eigenvalue weighted by atomic mass is 16.6. The number of carbonyl (C=O) groups is 2. The van der Waals surface area contributed by atoms with Gasteiger partial charge in [0.25, 0.3) is 0 Å². The van der Waals surface area contributed by atoms with Crippen molar-refractivity contribution in [3.8, 4) is 5.75 Å². The Hall–Kier alpha value is -2.47. The van der Waals surface area contributed by atoms with Crippen molar-refractivity contribution < 1.29 is 23.8 Å². The Bertz CT molecular complexity index is 842. The molecule has 1 aliphatic carbocycles. The van der Waals surface area contributed by atoms with E-state index in [9.17, 15) is 9.59 Å². The highest BCUT2D eigenvalue weighted by Crippen LogP contribution is 2.45. The first-order chi connectivity index (χ1) is 14.6. The molecule has 0 radical (unpaired) electrons. The van der Waals surface area contributed by atoms with Gasteiger partial charge < -0.3 is 14.2 Å². The number of ether oxygens (including phenoxy) is 3. The third-order valence-electron chi connectivity index (χ3n) is 5.51. The number of ketones is 1. The predicted molar refractivity (Wildman–Crippen MR) is 115 cm³/mol. The number of para-hydroxylation sites is 1. The largest absolute Gasteiger partial charge is 0.493 e. The molecular formula is C24H31NO5. The van der Waals surface area contributed by atoms with E-state index in [1.54, 1.807) is 0 Å². The van der Waals surface area contributed by atoms with E-state index in [0.717, 1.165) is 30.5 Å². The number of nitrogens with zero attached hydrogens (tertiary/aromatic N) is 1. The van der Waals surface area contributed by atoms with Gasteiger partial charge in [-0.1, -0.05) is 25.1 Å². The number of aliphatic imine (C=N–C) groups is 1. The molecule has 2 atom stereocenters.